The van der Waals surface area contributed by atoms with Crippen LogP contribution < -0.4 is 0 Å². The van der Waals surface area contributed by atoms with Gasteiger partial charge in [0.2, 0.25) is 0 Å². The van der Waals surface area contributed by atoms with E-state index in [9.17, 15) is 0 Å². The van der Waals surface area contributed by atoms with Crippen molar-refractivity contribution in [3.05, 3.63) is 44.9 Å². The van der Waals surface area contributed by atoms with Crippen molar-refractivity contribution in [2.24, 2.45) is 0 Å². The first-order valence-corrected chi connectivity index (χ1v) is 5.88. The highest BCUT2D eigenvalue weighted by Crippen LogP contribution is 2.20. The summed E-state index contributed by atoms with van der Waals surface area (Å²) >= 11 is 8.15. The molecule has 0 saturated heterocycles. The van der Waals surface area contributed by atoms with Crippen LogP contribution in [0.25, 0.3) is 11.3 Å². The van der Waals surface area contributed by atoms with E-state index in [2.05, 4.69) is 32.6 Å². The molecule has 4 heteroatoms. The van der Waals surface area contributed by atoms with Crippen molar-refractivity contribution in [1.29, 1.82) is 0 Å². The highest BCUT2D eigenvalue weighted by Gasteiger charge is 2.02. The summed E-state index contributed by atoms with van der Waals surface area (Å²) in [6.45, 7) is 1.84. The summed E-state index contributed by atoms with van der Waals surface area (Å²) in [5.41, 5.74) is 1.92. The van der Waals surface area contributed by atoms with Crippen LogP contribution >= 0.6 is 34.2 Å². The molecule has 0 saturated carbocycles. The Kier molecular flexibility index (Phi) is 3.21. The normalized spacial score (nSPS) is 10.3. The molecule has 0 N–H and O–H groups in total. The number of hydrogen-bond donors (Lipinski definition) is 0. The molecule has 1 aromatic heterocycles. The standard InChI is InChI=1S/C11H8ClIN2/c1-7-14-10(6-11(12)15-7)8-2-4-9(13)5-3-8/h2-6H,1H3. The third-order valence-electron chi connectivity index (χ3n) is 1.95. The third kappa shape index (κ3) is 2.66. The van der Waals surface area contributed by atoms with Gasteiger partial charge in [-0.15, -0.1) is 0 Å². The van der Waals surface area contributed by atoms with E-state index in [1.807, 2.05) is 31.2 Å². The van der Waals surface area contributed by atoms with E-state index >= 15 is 0 Å². The molecule has 0 aliphatic heterocycles. The second kappa shape index (κ2) is 4.45. The van der Waals surface area contributed by atoms with E-state index in [-0.39, 0.29) is 0 Å². The molecule has 15 heavy (non-hydrogen) atoms. The lowest BCUT2D eigenvalue weighted by Gasteiger charge is -2.02. The first-order chi connectivity index (χ1) is 7.15. The van der Waals surface area contributed by atoms with Crippen LogP contribution in [-0.4, -0.2) is 9.97 Å². The average Bonchev–Trinajstić information content (AvgIpc) is 2.17. The molecule has 0 atom stereocenters. The zero-order valence-corrected chi connectivity index (χ0v) is 11.0. The minimum Gasteiger partial charge on any atom is -0.233 e. The molecule has 0 aliphatic carbocycles. The smallest absolute Gasteiger partial charge is 0.133 e. The molecule has 0 radical (unpaired) electrons. The summed E-state index contributed by atoms with van der Waals surface area (Å²) in [6.07, 6.45) is 0. The summed E-state index contributed by atoms with van der Waals surface area (Å²) in [7, 11) is 0. The fourth-order valence-electron chi connectivity index (χ4n) is 1.30. The van der Waals surface area contributed by atoms with Crippen molar-refractivity contribution in [3.8, 4) is 11.3 Å². The van der Waals surface area contributed by atoms with Crippen LogP contribution in [0.1, 0.15) is 5.82 Å². The lowest BCUT2D eigenvalue weighted by Crippen LogP contribution is -1.91. The predicted octanol–water partition coefficient (Wildman–Crippen LogP) is 3.71. The van der Waals surface area contributed by atoms with Gasteiger partial charge in [0.25, 0.3) is 0 Å². The van der Waals surface area contributed by atoms with Crippen molar-refractivity contribution in [1.82, 2.24) is 9.97 Å². The molecule has 0 fully saturated rings. The molecular formula is C11H8ClIN2. The van der Waals surface area contributed by atoms with Gasteiger partial charge in [-0.3, -0.25) is 0 Å². The molecule has 2 nitrogen and oxygen atoms in total. The maximum absolute atomic E-state index is 5.88. The fraction of sp³-hybridized carbons (Fsp3) is 0.0909. The Morgan fingerprint density at radius 3 is 2.40 bits per heavy atom. The van der Waals surface area contributed by atoms with Gasteiger partial charge in [-0.2, -0.15) is 0 Å². The highest BCUT2D eigenvalue weighted by molar-refractivity contribution is 14.1. The molecule has 0 unspecified atom stereocenters. The molecule has 2 rings (SSSR count). The highest BCUT2D eigenvalue weighted by atomic mass is 127. The van der Waals surface area contributed by atoms with Crippen LogP contribution in [0.15, 0.2) is 30.3 Å². The lowest BCUT2D eigenvalue weighted by molar-refractivity contribution is 1.06. The summed E-state index contributed by atoms with van der Waals surface area (Å²) in [6, 6.07) is 9.92. The van der Waals surface area contributed by atoms with Crippen LogP contribution in [-0.2, 0) is 0 Å². The number of halogens is 2. The Bertz CT molecular complexity index is 462. The van der Waals surface area contributed by atoms with E-state index in [1.54, 1.807) is 6.07 Å². The molecular weight excluding hydrogens is 322 g/mol. The van der Waals surface area contributed by atoms with Gasteiger partial charge in [-0.1, -0.05) is 23.7 Å². The Hall–Kier alpha value is -0.680. The minimum absolute atomic E-state index is 0.482. The number of rotatable bonds is 1. The number of hydrogen-bond acceptors (Lipinski definition) is 2. The van der Waals surface area contributed by atoms with Gasteiger partial charge < -0.3 is 0 Å². The quantitative estimate of drug-likeness (QED) is 0.588. The van der Waals surface area contributed by atoms with Gasteiger partial charge in [0.1, 0.15) is 11.0 Å². The number of nitrogens with zero attached hydrogens (tertiary/aromatic N) is 2. The molecule has 0 amide bonds. The number of benzene rings is 1. The lowest BCUT2D eigenvalue weighted by atomic mass is 10.1. The molecule has 0 spiro atoms. The topological polar surface area (TPSA) is 25.8 Å². The van der Waals surface area contributed by atoms with Crippen molar-refractivity contribution in [2.45, 2.75) is 6.92 Å². The zero-order chi connectivity index (χ0) is 10.8. The van der Waals surface area contributed by atoms with Gasteiger partial charge in [-0.25, -0.2) is 9.97 Å². The van der Waals surface area contributed by atoms with Gasteiger partial charge >= 0.3 is 0 Å². The average molecular weight is 331 g/mol. The van der Waals surface area contributed by atoms with Gasteiger partial charge in [-0.05, 0) is 41.6 Å². The van der Waals surface area contributed by atoms with E-state index in [0.717, 1.165) is 11.3 Å². The first kappa shape index (κ1) is 10.8. The monoisotopic (exact) mass is 330 g/mol. The van der Waals surface area contributed by atoms with Crippen LogP contribution in [0.5, 0.6) is 0 Å². The molecule has 0 bridgehead atoms. The largest absolute Gasteiger partial charge is 0.233 e. The summed E-state index contributed by atoms with van der Waals surface area (Å²) in [5, 5.41) is 0.482. The molecule has 76 valence electrons. The molecule has 0 aliphatic rings. The Morgan fingerprint density at radius 2 is 1.80 bits per heavy atom. The Labute approximate surface area is 107 Å². The van der Waals surface area contributed by atoms with Crippen LogP contribution in [0, 0.1) is 10.5 Å². The second-order valence-electron chi connectivity index (χ2n) is 3.13. The van der Waals surface area contributed by atoms with E-state index in [4.69, 9.17) is 11.6 Å². The Balaban J connectivity index is 2.49. The number of aromatic nitrogens is 2. The van der Waals surface area contributed by atoms with Gasteiger partial charge in [0, 0.05) is 15.2 Å². The summed E-state index contributed by atoms with van der Waals surface area (Å²) in [4.78, 5) is 8.37. The predicted molar refractivity (Wildman–Crippen MR) is 69.9 cm³/mol. The van der Waals surface area contributed by atoms with Crippen molar-refractivity contribution < 1.29 is 0 Å². The third-order valence-corrected chi connectivity index (χ3v) is 2.86. The Morgan fingerprint density at radius 1 is 1.13 bits per heavy atom. The van der Waals surface area contributed by atoms with E-state index in [1.165, 1.54) is 3.57 Å². The van der Waals surface area contributed by atoms with E-state index < -0.39 is 0 Å². The second-order valence-corrected chi connectivity index (χ2v) is 4.76. The zero-order valence-electron chi connectivity index (χ0n) is 8.04. The SMILES string of the molecule is Cc1nc(Cl)cc(-c2ccc(I)cc2)n1. The van der Waals surface area contributed by atoms with Crippen molar-refractivity contribution in [3.63, 3.8) is 0 Å². The first-order valence-electron chi connectivity index (χ1n) is 4.42. The van der Waals surface area contributed by atoms with Crippen LogP contribution in [0.2, 0.25) is 5.15 Å². The van der Waals surface area contributed by atoms with Crippen molar-refractivity contribution >= 4 is 34.2 Å². The summed E-state index contributed by atoms with van der Waals surface area (Å²) < 4.78 is 1.20. The van der Waals surface area contributed by atoms with Crippen LogP contribution in [0.3, 0.4) is 0 Å². The molecule has 1 aromatic carbocycles. The van der Waals surface area contributed by atoms with Crippen LogP contribution in [0.4, 0.5) is 0 Å². The van der Waals surface area contributed by atoms with Gasteiger partial charge in [0.05, 0.1) is 5.69 Å². The van der Waals surface area contributed by atoms with Crippen molar-refractivity contribution in [2.75, 3.05) is 0 Å². The fourth-order valence-corrected chi connectivity index (χ4v) is 1.89. The molecule has 1 heterocycles. The maximum Gasteiger partial charge on any atom is 0.133 e. The summed E-state index contributed by atoms with van der Waals surface area (Å²) in [5.74, 6) is 0.691. The molecule has 2 aromatic rings. The number of aryl methyl sites for hydroxylation is 1. The van der Waals surface area contributed by atoms with Gasteiger partial charge in [0.15, 0.2) is 0 Å². The minimum atomic E-state index is 0.482. The maximum atomic E-state index is 5.88. The van der Waals surface area contributed by atoms with E-state index in [0.29, 0.717) is 11.0 Å².